The Labute approximate surface area is 274 Å². The van der Waals surface area contributed by atoms with Crippen LogP contribution in [0.3, 0.4) is 0 Å². The van der Waals surface area contributed by atoms with Crippen LogP contribution in [0.5, 0.6) is 0 Å². The first kappa shape index (κ1) is 28.4. The van der Waals surface area contributed by atoms with Gasteiger partial charge in [-0.2, -0.15) is 0 Å². The van der Waals surface area contributed by atoms with Crippen molar-refractivity contribution in [3.8, 4) is 67.8 Å². The average Bonchev–Trinajstić information content (AvgIpc) is 3.15. The normalized spacial score (nSPS) is 12.1. The molecule has 0 amide bonds. The Morgan fingerprint density at radius 3 is 1.70 bits per heavy atom. The summed E-state index contributed by atoms with van der Waals surface area (Å²) in [6.07, 6.45) is 8.46. The Morgan fingerprint density at radius 1 is 0.447 bits per heavy atom. The predicted molar refractivity (Wildman–Crippen MR) is 190 cm³/mol. The van der Waals surface area contributed by atoms with E-state index in [-0.39, 0.29) is 0 Å². The fourth-order valence-electron chi connectivity index (χ4n) is 6.06. The number of hydrogen-bond donors (Lipinski definition) is 0. The third kappa shape index (κ3) is 5.99. The van der Waals surface area contributed by atoms with Gasteiger partial charge in [0.1, 0.15) is 0 Å². The molecule has 1 aliphatic carbocycles. The largest absolute Gasteiger partial charge is 0.237 e. The lowest BCUT2D eigenvalue weighted by Gasteiger charge is -2.15. The molecule has 0 aliphatic heterocycles. The van der Waals surface area contributed by atoms with Crippen LogP contribution in [0, 0.1) is 6.92 Å². The molecule has 0 saturated heterocycles. The summed E-state index contributed by atoms with van der Waals surface area (Å²) in [5.41, 5.74) is 11.7. The third-order valence-corrected chi connectivity index (χ3v) is 8.50. The molecule has 0 fully saturated rings. The van der Waals surface area contributed by atoms with Crippen molar-refractivity contribution in [2.24, 2.45) is 0 Å². The van der Waals surface area contributed by atoms with E-state index >= 15 is 0 Å². The van der Waals surface area contributed by atoms with Gasteiger partial charge in [0.2, 0.25) is 0 Å². The molecule has 0 unspecified atom stereocenters. The molecule has 0 bridgehead atoms. The van der Waals surface area contributed by atoms with Gasteiger partial charge in [0.05, 0.1) is 0 Å². The molecule has 7 aromatic rings. The van der Waals surface area contributed by atoms with E-state index in [1.807, 2.05) is 79.9 Å². The van der Waals surface area contributed by atoms with Gasteiger partial charge >= 0.3 is 0 Å². The molecule has 2 heterocycles. The van der Waals surface area contributed by atoms with Crippen molar-refractivity contribution in [3.63, 3.8) is 0 Å². The maximum absolute atomic E-state index is 5.06. The second-order valence-corrected chi connectivity index (χ2v) is 11.8. The summed E-state index contributed by atoms with van der Waals surface area (Å²) < 4.78 is 0. The molecule has 0 spiro atoms. The van der Waals surface area contributed by atoms with Gasteiger partial charge in [-0.3, -0.25) is 0 Å². The predicted octanol–water partition coefficient (Wildman–Crippen LogP) is 9.93. The van der Waals surface area contributed by atoms with E-state index in [2.05, 4.69) is 82.8 Å². The van der Waals surface area contributed by atoms with Crippen LogP contribution in [0.2, 0.25) is 0 Å². The Morgan fingerprint density at radius 2 is 1.02 bits per heavy atom. The van der Waals surface area contributed by atoms with Crippen LogP contribution in [0.25, 0.3) is 73.9 Å². The molecule has 0 atom stereocenters. The lowest BCUT2D eigenvalue weighted by atomic mass is 9.91. The molecule has 224 valence electrons. The van der Waals surface area contributed by atoms with E-state index in [0.29, 0.717) is 23.3 Å². The summed E-state index contributed by atoms with van der Waals surface area (Å²) in [5, 5.41) is 0. The number of allylic oxidation sites excluding steroid dienone is 1. The molecule has 5 aromatic carbocycles. The van der Waals surface area contributed by atoms with Crippen LogP contribution < -0.4 is 0 Å². The van der Waals surface area contributed by atoms with Crippen molar-refractivity contribution in [2.45, 2.75) is 19.8 Å². The topological polar surface area (TPSA) is 64.5 Å². The first-order valence-corrected chi connectivity index (χ1v) is 15.9. The third-order valence-electron chi connectivity index (χ3n) is 8.50. The van der Waals surface area contributed by atoms with Gasteiger partial charge < -0.3 is 0 Å². The highest BCUT2D eigenvalue weighted by Crippen LogP contribution is 2.35. The molecule has 8 rings (SSSR count). The van der Waals surface area contributed by atoms with E-state index in [0.717, 1.165) is 63.0 Å². The van der Waals surface area contributed by atoms with E-state index in [1.165, 1.54) is 11.1 Å². The van der Waals surface area contributed by atoms with Crippen molar-refractivity contribution in [3.05, 3.63) is 156 Å². The summed E-state index contributed by atoms with van der Waals surface area (Å²) >= 11 is 0. The van der Waals surface area contributed by atoms with Gasteiger partial charge in [0.15, 0.2) is 23.3 Å². The zero-order valence-electron chi connectivity index (χ0n) is 26.0. The summed E-state index contributed by atoms with van der Waals surface area (Å²) in [4.78, 5) is 24.3. The number of nitrogens with zero attached hydrogens (tertiary/aromatic N) is 5. The van der Waals surface area contributed by atoms with Gasteiger partial charge in [-0.25, -0.2) is 24.9 Å². The zero-order valence-corrected chi connectivity index (χ0v) is 26.0. The molecular formula is C42H31N5. The van der Waals surface area contributed by atoms with Crippen LogP contribution in [0.1, 0.15) is 23.2 Å². The first-order chi connectivity index (χ1) is 23.2. The summed E-state index contributed by atoms with van der Waals surface area (Å²) in [7, 11) is 0. The molecule has 0 N–H and O–H groups in total. The van der Waals surface area contributed by atoms with Gasteiger partial charge in [-0.15, -0.1) is 0 Å². The zero-order chi connectivity index (χ0) is 31.6. The monoisotopic (exact) mass is 605 g/mol. The SMILES string of the molecule is Cc1ccnc(-c2cccc(-c3cc(-c4ccc5c(c4)C=CCC5)cc(-c4nc(-c5ccccc5)nc(-c5ccccc5)n4)c3)c2)n1. The number of fused-ring (bicyclic) bond motifs is 1. The maximum atomic E-state index is 5.06. The van der Waals surface area contributed by atoms with Crippen LogP contribution >= 0.6 is 0 Å². The second-order valence-electron chi connectivity index (χ2n) is 11.8. The van der Waals surface area contributed by atoms with Crippen molar-refractivity contribution in [2.75, 3.05) is 0 Å². The van der Waals surface area contributed by atoms with Crippen molar-refractivity contribution in [1.82, 2.24) is 24.9 Å². The fraction of sp³-hybridized carbons (Fsp3) is 0.0714. The van der Waals surface area contributed by atoms with Gasteiger partial charge in [-0.1, -0.05) is 103 Å². The van der Waals surface area contributed by atoms with Crippen LogP contribution in [0.15, 0.2) is 140 Å². The second kappa shape index (κ2) is 12.4. The van der Waals surface area contributed by atoms with Crippen molar-refractivity contribution < 1.29 is 0 Å². The van der Waals surface area contributed by atoms with Crippen molar-refractivity contribution >= 4 is 6.08 Å². The number of hydrogen-bond acceptors (Lipinski definition) is 5. The quantitative estimate of drug-likeness (QED) is 0.189. The number of aromatic nitrogens is 5. The number of rotatable bonds is 6. The fourth-order valence-corrected chi connectivity index (χ4v) is 6.06. The molecule has 0 saturated carbocycles. The van der Waals surface area contributed by atoms with Crippen LogP contribution in [-0.4, -0.2) is 24.9 Å². The summed E-state index contributed by atoms with van der Waals surface area (Å²) in [6.45, 7) is 1.99. The Kier molecular flexibility index (Phi) is 7.48. The van der Waals surface area contributed by atoms with Gasteiger partial charge in [0, 0.05) is 34.1 Å². The minimum atomic E-state index is 0.622. The average molecular weight is 606 g/mol. The van der Waals surface area contributed by atoms with E-state index in [1.54, 1.807) is 0 Å². The molecule has 1 aliphatic rings. The lowest BCUT2D eigenvalue weighted by molar-refractivity contribution is 0.986. The molecule has 5 nitrogen and oxygen atoms in total. The molecule has 2 aromatic heterocycles. The number of aryl methyl sites for hydroxylation is 2. The van der Waals surface area contributed by atoms with Gasteiger partial charge in [0.25, 0.3) is 0 Å². The molecular weight excluding hydrogens is 574 g/mol. The smallest absolute Gasteiger partial charge is 0.164 e. The number of benzene rings is 5. The highest BCUT2D eigenvalue weighted by Gasteiger charge is 2.16. The van der Waals surface area contributed by atoms with E-state index in [4.69, 9.17) is 15.0 Å². The van der Waals surface area contributed by atoms with Gasteiger partial charge in [-0.05, 0) is 89.5 Å². The molecule has 47 heavy (non-hydrogen) atoms. The minimum Gasteiger partial charge on any atom is -0.237 e. The van der Waals surface area contributed by atoms with Crippen molar-refractivity contribution in [1.29, 1.82) is 0 Å². The summed E-state index contributed by atoms with van der Waals surface area (Å²) in [6, 6.07) is 43.9. The lowest BCUT2D eigenvalue weighted by Crippen LogP contribution is -2.00. The Hall–Kier alpha value is -6.07. The Balaban J connectivity index is 1.33. The van der Waals surface area contributed by atoms with E-state index < -0.39 is 0 Å². The summed E-state index contributed by atoms with van der Waals surface area (Å²) in [5.74, 6) is 2.61. The highest BCUT2D eigenvalue weighted by atomic mass is 15.0. The first-order valence-electron chi connectivity index (χ1n) is 15.9. The molecule has 5 heteroatoms. The highest BCUT2D eigenvalue weighted by molar-refractivity contribution is 5.82. The maximum Gasteiger partial charge on any atom is 0.164 e. The minimum absolute atomic E-state index is 0.622. The Bertz CT molecular complexity index is 2200. The van der Waals surface area contributed by atoms with Crippen LogP contribution in [0.4, 0.5) is 0 Å². The standard InChI is InChI=1S/C42H31N5/c1-28-21-22-43-39(44-28)35-18-10-17-33(24-35)36-25-37(34-20-19-29-11-8-9-16-32(29)23-34)27-38(26-36)42-46-40(30-12-4-2-5-13-30)45-41(47-42)31-14-6-3-7-15-31/h2-7,9-10,12-27H,8,11H2,1H3. The molecule has 0 radical (unpaired) electrons. The van der Waals surface area contributed by atoms with Crippen LogP contribution in [-0.2, 0) is 6.42 Å². The van der Waals surface area contributed by atoms with E-state index in [9.17, 15) is 0 Å².